The molecule has 12 atom stereocenters. The SMILES string of the molecule is CCCCCCCCCCCCCCCCCCC/C=C/C(O)C(COC1OC(CO)C(OC2OC(CO)C(O)C(O)C2O)C(O)C1O)NC(=O)CCCCCCCCCCC. The summed E-state index contributed by atoms with van der Waals surface area (Å²) < 4.78 is 22.6. The average Bonchev–Trinajstić information content (AvgIpc) is 3.27. The molecule has 0 radical (unpaired) electrons. The fourth-order valence-corrected chi connectivity index (χ4v) is 8.35. The van der Waals surface area contributed by atoms with Gasteiger partial charge < -0.3 is 65.1 Å². The maximum Gasteiger partial charge on any atom is 0.220 e. The number of carbonyl (C=O) groups is 1. The lowest BCUT2D eigenvalue weighted by Gasteiger charge is -2.46. The molecule has 0 spiro atoms. The van der Waals surface area contributed by atoms with Gasteiger partial charge in [-0.2, -0.15) is 0 Å². The molecule has 1 amide bonds. The zero-order valence-electron chi connectivity index (χ0n) is 38.6. The summed E-state index contributed by atoms with van der Waals surface area (Å²) in [5, 5.41) is 86.5. The molecule has 0 bridgehead atoms. The van der Waals surface area contributed by atoms with Crippen LogP contribution in [0.5, 0.6) is 0 Å². The molecule has 2 saturated heterocycles. The van der Waals surface area contributed by atoms with Crippen LogP contribution in [0.1, 0.15) is 194 Å². The molecule has 62 heavy (non-hydrogen) atoms. The van der Waals surface area contributed by atoms with E-state index >= 15 is 0 Å². The highest BCUT2D eigenvalue weighted by atomic mass is 16.7. The summed E-state index contributed by atoms with van der Waals surface area (Å²) >= 11 is 0. The highest BCUT2D eigenvalue weighted by Gasteiger charge is 2.51. The molecular formula is C48H91NO13. The predicted octanol–water partition coefficient (Wildman–Crippen LogP) is 5.99. The number of aliphatic hydroxyl groups is 8. The number of ether oxygens (including phenoxy) is 4. The lowest BCUT2D eigenvalue weighted by atomic mass is 9.97. The lowest BCUT2D eigenvalue weighted by molar-refractivity contribution is -0.359. The van der Waals surface area contributed by atoms with E-state index in [9.17, 15) is 45.6 Å². The van der Waals surface area contributed by atoms with Gasteiger partial charge in [-0.1, -0.05) is 180 Å². The second-order valence-electron chi connectivity index (χ2n) is 18.0. The van der Waals surface area contributed by atoms with Crippen LogP contribution in [0.4, 0.5) is 0 Å². The van der Waals surface area contributed by atoms with Crippen LogP contribution in [0.2, 0.25) is 0 Å². The molecule has 366 valence electrons. The van der Waals surface area contributed by atoms with Crippen molar-refractivity contribution in [3.8, 4) is 0 Å². The molecule has 9 N–H and O–H groups in total. The Morgan fingerprint density at radius 2 is 1.00 bits per heavy atom. The number of allylic oxidation sites excluding steroid dienone is 1. The molecule has 0 aromatic heterocycles. The van der Waals surface area contributed by atoms with Gasteiger partial charge in [-0.05, 0) is 19.3 Å². The summed E-state index contributed by atoms with van der Waals surface area (Å²) in [6.07, 6.45) is 19.8. The summed E-state index contributed by atoms with van der Waals surface area (Å²) in [7, 11) is 0. The van der Waals surface area contributed by atoms with Crippen molar-refractivity contribution in [1.29, 1.82) is 0 Å². The van der Waals surface area contributed by atoms with Gasteiger partial charge >= 0.3 is 0 Å². The lowest BCUT2D eigenvalue weighted by Crippen LogP contribution is -2.65. The fraction of sp³-hybridized carbons (Fsp3) is 0.938. The largest absolute Gasteiger partial charge is 0.394 e. The van der Waals surface area contributed by atoms with Crippen molar-refractivity contribution < 1.29 is 64.6 Å². The van der Waals surface area contributed by atoms with Gasteiger partial charge in [-0.15, -0.1) is 0 Å². The highest BCUT2D eigenvalue weighted by Crippen LogP contribution is 2.30. The summed E-state index contributed by atoms with van der Waals surface area (Å²) in [4.78, 5) is 13.1. The molecule has 2 aliphatic rings. The maximum absolute atomic E-state index is 13.1. The molecule has 14 nitrogen and oxygen atoms in total. The number of aliphatic hydroxyl groups excluding tert-OH is 8. The van der Waals surface area contributed by atoms with Crippen molar-refractivity contribution in [3.05, 3.63) is 12.2 Å². The van der Waals surface area contributed by atoms with Crippen molar-refractivity contribution in [2.24, 2.45) is 0 Å². The smallest absolute Gasteiger partial charge is 0.220 e. The van der Waals surface area contributed by atoms with Gasteiger partial charge in [0.25, 0.3) is 0 Å². The Balaban J connectivity index is 1.83. The molecule has 0 aliphatic carbocycles. The molecule has 14 heteroatoms. The van der Waals surface area contributed by atoms with E-state index in [2.05, 4.69) is 19.2 Å². The molecule has 2 rings (SSSR count). The molecule has 0 aromatic rings. The predicted molar refractivity (Wildman–Crippen MR) is 240 cm³/mol. The maximum atomic E-state index is 13.1. The first-order valence-electron chi connectivity index (χ1n) is 24.9. The first-order chi connectivity index (χ1) is 30.1. The molecule has 2 heterocycles. The summed E-state index contributed by atoms with van der Waals surface area (Å²) in [5.74, 6) is -0.242. The van der Waals surface area contributed by atoms with Crippen molar-refractivity contribution in [3.63, 3.8) is 0 Å². The summed E-state index contributed by atoms with van der Waals surface area (Å²) in [6.45, 7) is 2.76. The van der Waals surface area contributed by atoms with Gasteiger partial charge in [0, 0.05) is 6.42 Å². The quantitative estimate of drug-likeness (QED) is 0.0257. The molecule has 2 aliphatic heterocycles. The van der Waals surface area contributed by atoms with Crippen LogP contribution in [0.25, 0.3) is 0 Å². The Kier molecular flexibility index (Phi) is 32.9. The van der Waals surface area contributed by atoms with Crippen molar-refractivity contribution >= 4 is 5.91 Å². The van der Waals surface area contributed by atoms with Crippen LogP contribution in [-0.4, -0.2) is 140 Å². The van der Waals surface area contributed by atoms with Crippen LogP contribution >= 0.6 is 0 Å². The van der Waals surface area contributed by atoms with E-state index in [0.717, 1.165) is 38.5 Å². The third-order valence-corrected chi connectivity index (χ3v) is 12.5. The third kappa shape index (κ3) is 23.3. The van der Waals surface area contributed by atoms with E-state index in [0.29, 0.717) is 6.42 Å². The van der Waals surface area contributed by atoms with E-state index in [-0.39, 0.29) is 18.9 Å². The fourth-order valence-electron chi connectivity index (χ4n) is 8.35. The van der Waals surface area contributed by atoms with Crippen molar-refractivity contribution in [2.45, 2.75) is 267 Å². The first-order valence-corrected chi connectivity index (χ1v) is 24.9. The van der Waals surface area contributed by atoms with Crippen LogP contribution in [0, 0.1) is 0 Å². The molecule has 12 unspecified atom stereocenters. The number of hydrogen-bond acceptors (Lipinski definition) is 13. The number of amides is 1. The molecular weight excluding hydrogens is 799 g/mol. The van der Waals surface area contributed by atoms with E-state index in [1.165, 1.54) is 128 Å². The Morgan fingerprint density at radius 3 is 1.48 bits per heavy atom. The van der Waals surface area contributed by atoms with E-state index in [1.807, 2.05) is 6.08 Å². The number of hydrogen-bond donors (Lipinski definition) is 9. The molecule has 0 saturated carbocycles. The van der Waals surface area contributed by atoms with Crippen LogP contribution < -0.4 is 5.32 Å². The Hall–Kier alpha value is -1.27. The van der Waals surface area contributed by atoms with E-state index in [1.54, 1.807) is 6.08 Å². The number of unbranched alkanes of at least 4 members (excludes halogenated alkanes) is 25. The van der Waals surface area contributed by atoms with Gasteiger partial charge in [0.05, 0.1) is 32.0 Å². The van der Waals surface area contributed by atoms with Gasteiger partial charge in [0.1, 0.15) is 48.8 Å². The van der Waals surface area contributed by atoms with Crippen molar-refractivity contribution in [2.75, 3.05) is 19.8 Å². The normalized spacial score (nSPS) is 27.8. The Bertz CT molecular complexity index is 1100. The second-order valence-corrected chi connectivity index (χ2v) is 18.0. The molecule has 2 fully saturated rings. The van der Waals surface area contributed by atoms with Gasteiger partial charge in [0.15, 0.2) is 12.6 Å². The van der Waals surface area contributed by atoms with Gasteiger partial charge in [-0.25, -0.2) is 0 Å². The average molecular weight is 890 g/mol. The number of rotatable bonds is 38. The first kappa shape index (κ1) is 56.9. The zero-order chi connectivity index (χ0) is 45.4. The third-order valence-electron chi connectivity index (χ3n) is 12.5. The number of nitrogens with one attached hydrogen (secondary N) is 1. The minimum atomic E-state index is -1.78. The zero-order valence-corrected chi connectivity index (χ0v) is 38.6. The van der Waals surface area contributed by atoms with E-state index < -0.39 is 86.8 Å². The second kappa shape index (κ2) is 35.9. The topological polar surface area (TPSA) is 228 Å². The minimum Gasteiger partial charge on any atom is -0.394 e. The van der Waals surface area contributed by atoms with Crippen LogP contribution in [-0.2, 0) is 23.7 Å². The van der Waals surface area contributed by atoms with Gasteiger partial charge in [-0.3, -0.25) is 4.79 Å². The highest BCUT2D eigenvalue weighted by molar-refractivity contribution is 5.76. The standard InChI is InChI=1S/C48H91NO13/c1-3-5-7-9-11-13-14-15-16-17-18-19-20-21-22-24-25-27-29-31-37(52)36(49-40(53)32-30-28-26-23-12-10-8-6-4-2)35-59-47-45(58)43(56)46(39(34-51)61-47)62-48-44(57)42(55)41(54)38(33-50)60-48/h29,31,36-39,41-48,50-52,54-58H,3-28,30,32-35H2,1-2H3,(H,49,53)/b31-29+. The summed E-state index contributed by atoms with van der Waals surface area (Å²) in [6, 6.07) is -0.906. The van der Waals surface area contributed by atoms with Crippen LogP contribution in [0.3, 0.4) is 0 Å². The number of carbonyl (C=O) groups excluding carboxylic acids is 1. The summed E-state index contributed by atoms with van der Waals surface area (Å²) in [5.41, 5.74) is 0. The Morgan fingerprint density at radius 1 is 0.565 bits per heavy atom. The van der Waals surface area contributed by atoms with Gasteiger partial charge in [0.2, 0.25) is 5.91 Å². The van der Waals surface area contributed by atoms with E-state index in [4.69, 9.17) is 18.9 Å². The van der Waals surface area contributed by atoms with Crippen molar-refractivity contribution in [1.82, 2.24) is 5.32 Å². The van der Waals surface area contributed by atoms with Crippen LogP contribution in [0.15, 0.2) is 12.2 Å². The monoisotopic (exact) mass is 890 g/mol. The Labute approximate surface area is 374 Å². The molecule has 0 aromatic carbocycles. The minimum absolute atomic E-state index is 0.242.